The van der Waals surface area contributed by atoms with Gasteiger partial charge < -0.3 is 10.6 Å². The lowest BCUT2D eigenvalue weighted by Gasteiger charge is -2.48. The van der Waals surface area contributed by atoms with E-state index in [9.17, 15) is 0 Å². The second kappa shape index (κ2) is 6.58. The molecule has 2 N–H and O–H groups in total. The first-order valence-electron chi connectivity index (χ1n) is 6.89. The number of nitrogens with two attached hydrogens (primary N) is 1. The Morgan fingerprint density at radius 2 is 1.69 bits per heavy atom. The molecule has 0 spiro atoms. The van der Waals surface area contributed by atoms with Crippen LogP contribution in [-0.4, -0.2) is 54.6 Å². The zero-order valence-corrected chi connectivity index (χ0v) is 11.3. The van der Waals surface area contributed by atoms with E-state index >= 15 is 0 Å². The Bertz CT molecular complexity index is 182. The van der Waals surface area contributed by atoms with Gasteiger partial charge in [0.2, 0.25) is 0 Å². The summed E-state index contributed by atoms with van der Waals surface area (Å²) >= 11 is 0. The van der Waals surface area contributed by atoms with Gasteiger partial charge in [-0.2, -0.15) is 0 Å². The molecule has 96 valence electrons. The van der Waals surface area contributed by atoms with Crippen LogP contribution < -0.4 is 5.73 Å². The smallest absolute Gasteiger partial charge is 0.0355 e. The van der Waals surface area contributed by atoms with Gasteiger partial charge in [0.15, 0.2) is 0 Å². The van der Waals surface area contributed by atoms with Gasteiger partial charge in [-0.25, -0.2) is 0 Å². The molecule has 1 aliphatic rings. The summed E-state index contributed by atoms with van der Waals surface area (Å²) < 4.78 is 0. The molecule has 3 heteroatoms. The maximum atomic E-state index is 6.05. The van der Waals surface area contributed by atoms with Crippen molar-refractivity contribution in [2.45, 2.75) is 45.6 Å². The maximum Gasteiger partial charge on any atom is 0.0355 e. The average Bonchev–Trinajstić information content (AvgIpc) is 2.33. The Balaban J connectivity index is 2.57. The number of likely N-dealkylation sites (N-methyl/N-ethyl adjacent to an activating group) is 1. The molecule has 1 rings (SSSR count). The molecular formula is C13H29N3. The first kappa shape index (κ1) is 13.9. The Hall–Kier alpha value is -0.120. The molecule has 0 aliphatic carbocycles. The molecule has 0 aromatic rings. The van der Waals surface area contributed by atoms with Crippen LogP contribution in [0.5, 0.6) is 0 Å². The zero-order valence-electron chi connectivity index (χ0n) is 11.3. The molecule has 1 aliphatic heterocycles. The fourth-order valence-corrected chi connectivity index (χ4v) is 3.05. The molecule has 1 fully saturated rings. The molecule has 0 aromatic carbocycles. The molecule has 0 unspecified atom stereocenters. The molecular weight excluding hydrogens is 198 g/mol. The second-order valence-corrected chi connectivity index (χ2v) is 4.94. The van der Waals surface area contributed by atoms with Gasteiger partial charge in [0.05, 0.1) is 0 Å². The summed E-state index contributed by atoms with van der Waals surface area (Å²) in [7, 11) is 0. The van der Waals surface area contributed by atoms with Crippen LogP contribution in [0.4, 0.5) is 0 Å². The highest BCUT2D eigenvalue weighted by molar-refractivity contribution is 4.95. The highest BCUT2D eigenvalue weighted by Gasteiger charge is 2.36. The molecule has 3 nitrogen and oxygen atoms in total. The number of likely N-dealkylation sites (tertiary alicyclic amines) is 1. The van der Waals surface area contributed by atoms with Crippen LogP contribution in [0.2, 0.25) is 0 Å². The summed E-state index contributed by atoms with van der Waals surface area (Å²) in [4.78, 5) is 5.15. The third-order valence-corrected chi connectivity index (χ3v) is 4.14. The largest absolute Gasteiger partial charge is 0.329 e. The van der Waals surface area contributed by atoms with Gasteiger partial charge in [-0.1, -0.05) is 20.8 Å². The Morgan fingerprint density at radius 3 is 2.06 bits per heavy atom. The summed E-state index contributed by atoms with van der Waals surface area (Å²) in [6, 6.07) is 0. The number of hydrogen-bond donors (Lipinski definition) is 1. The van der Waals surface area contributed by atoms with Crippen LogP contribution in [0.3, 0.4) is 0 Å². The van der Waals surface area contributed by atoms with Crippen molar-refractivity contribution in [3.8, 4) is 0 Å². The Labute approximate surface area is 101 Å². The highest BCUT2D eigenvalue weighted by atomic mass is 15.2. The predicted octanol–water partition coefficient (Wildman–Crippen LogP) is 1.53. The molecule has 0 radical (unpaired) electrons. The third kappa shape index (κ3) is 2.96. The zero-order chi connectivity index (χ0) is 12.0. The molecule has 0 amide bonds. The molecule has 16 heavy (non-hydrogen) atoms. The average molecular weight is 227 g/mol. The van der Waals surface area contributed by atoms with Crippen LogP contribution in [-0.2, 0) is 0 Å². The molecule has 0 aromatic heterocycles. The third-order valence-electron chi connectivity index (χ3n) is 4.14. The van der Waals surface area contributed by atoms with E-state index in [1.165, 1.54) is 38.9 Å². The fourth-order valence-electron chi connectivity index (χ4n) is 3.05. The van der Waals surface area contributed by atoms with E-state index in [-0.39, 0.29) is 5.54 Å². The van der Waals surface area contributed by atoms with Gasteiger partial charge in [-0.15, -0.1) is 0 Å². The minimum absolute atomic E-state index is 0.285. The fraction of sp³-hybridized carbons (Fsp3) is 1.00. The summed E-state index contributed by atoms with van der Waals surface area (Å²) in [6.45, 7) is 13.5. The summed E-state index contributed by atoms with van der Waals surface area (Å²) in [5.41, 5.74) is 6.33. The monoisotopic (exact) mass is 227 g/mol. The van der Waals surface area contributed by atoms with Crippen LogP contribution >= 0.6 is 0 Å². The van der Waals surface area contributed by atoms with Gasteiger partial charge >= 0.3 is 0 Å². The quantitative estimate of drug-likeness (QED) is 0.747. The first-order valence-corrected chi connectivity index (χ1v) is 6.89. The lowest BCUT2D eigenvalue weighted by Crippen LogP contribution is -2.59. The first-order chi connectivity index (χ1) is 7.72. The van der Waals surface area contributed by atoms with E-state index < -0.39 is 0 Å². The van der Waals surface area contributed by atoms with Gasteiger partial charge in [0.1, 0.15) is 0 Å². The van der Waals surface area contributed by atoms with E-state index in [4.69, 9.17) is 5.73 Å². The predicted molar refractivity (Wildman–Crippen MR) is 70.7 cm³/mol. The summed E-state index contributed by atoms with van der Waals surface area (Å²) in [5, 5.41) is 0. The SMILES string of the molecule is CCCN1CCC(CN)(N(CC)CC)CC1. The van der Waals surface area contributed by atoms with E-state index in [0.29, 0.717) is 0 Å². The molecule has 0 saturated carbocycles. The standard InChI is InChI=1S/C13H29N3/c1-4-9-15-10-7-13(12-14,8-11-15)16(5-2)6-3/h4-12,14H2,1-3H3. The van der Waals surface area contributed by atoms with Crippen LogP contribution in [0.15, 0.2) is 0 Å². The minimum Gasteiger partial charge on any atom is -0.329 e. The van der Waals surface area contributed by atoms with Crippen LogP contribution in [0.1, 0.15) is 40.0 Å². The van der Waals surface area contributed by atoms with Gasteiger partial charge in [0.25, 0.3) is 0 Å². The van der Waals surface area contributed by atoms with Crippen molar-refractivity contribution in [2.24, 2.45) is 5.73 Å². The van der Waals surface area contributed by atoms with E-state index in [1.54, 1.807) is 0 Å². The van der Waals surface area contributed by atoms with E-state index in [1.807, 2.05) is 0 Å². The molecule has 1 heterocycles. The molecule has 0 atom stereocenters. The topological polar surface area (TPSA) is 32.5 Å². The molecule has 1 saturated heterocycles. The van der Waals surface area contributed by atoms with Gasteiger partial charge in [-0.3, -0.25) is 4.90 Å². The lowest BCUT2D eigenvalue weighted by atomic mass is 9.85. The van der Waals surface area contributed by atoms with Crippen molar-refractivity contribution >= 4 is 0 Å². The number of nitrogens with zero attached hydrogens (tertiary/aromatic N) is 2. The maximum absolute atomic E-state index is 6.05. The van der Waals surface area contributed by atoms with E-state index in [0.717, 1.165) is 19.6 Å². The Kier molecular flexibility index (Phi) is 5.73. The second-order valence-electron chi connectivity index (χ2n) is 4.94. The van der Waals surface area contributed by atoms with Crippen molar-refractivity contribution in [3.63, 3.8) is 0 Å². The van der Waals surface area contributed by atoms with Crippen molar-refractivity contribution in [1.29, 1.82) is 0 Å². The van der Waals surface area contributed by atoms with Gasteiger partial charge in [-0.05, 0) is 52.0 Å². The number of hydrogen-bond acceptors (Lipinski definition) is 3. The van der Waals surface area contributed by atoms with Gasteiger partial charge in [0, 0.05) is 12.1 Å². The van der Waals surface area contributed by atoms with Crippen molar-refractivity contribution in [3.05, 3.63) is 0 Å². The van der Waals surface area contributed by atoms with Crippen LogP contribution in [0, 0.1) is 0 Å². The summed E-state index contributed by atoms with van der Waals surface area (Å²) in [5.74, 6) is 0. The van der Waals surface area contributed by atoms with E-state index in [2.05, 4.69) is 30.6 Å². The van der Waals surface area contributed by atoms with Crippen molar-refractivity contribution < 1.29 is 0 Å². The highest BCUT2D eigenvalue weighted by Crippen LogP contribution is 2.27. The number of piperidine rings is 1. The minimum atomic E-state index is 0.285. The molecule has 0 bridgehead atoms. The summed E-state index contributed by atoms with van der Waals surface area (Å²) in [6.07, 6.45) is 3.75. The van der Waals surface area contributed by atoms with Crippen molar-refractivity contribution in [1.82, 2.24) is 9.80 Å². The number of rotatable bonds is 6. The van der Waals surface area contributed by atoms with Crippen molar-refractivity contribution in [2.75, 3.05) is 39.3 Å². The van der Waals surface area contributed by atoms with Crippen LogP contribution in [0.25, 0.3) is 0 Å². The lowest BCUT2D eigenvalue weighted by molar-refractivity contribution is 0.0339. The normalized spacial score (nSPS) is 21.6. The Morgan fingerprint density at radius 1 is 1.12 bits per heavy atom.